The van der Waals surface area contributed by atoms with Crippen LogP contribution in [0.25, 0.3) is 17.3 Å². The van der Waals surface area contributed by atoms with Crippen molar-refractivity contribution in [2.75, 3.05) is 25.5 Å². The van der Waals surface area contributed by atoms with Crippen LogP contribution in [0.15, 0.2) is 43.2 Å². The zero-order valence-corrected chi connectivity index (χ0v) is 26.7. The molecule has 0 radical (unpaired) electrons. The van der Waals surface area contributed by atoms with Crippen LogP contribution in [-0.2, 0) is 17.6 Å². The number of benzene rings is 1. The van der Waals surface area contributed by atoms with Crippen molar-refractivity contribution >= 4 is 23.5 Å². The summed E-state index contributed by atoms with van der Waals surface area (Å²) in [7, 11) is 1.91. The number of nitrogens with one attached hydrogen (secondary N) is 3. The maximum atomic E-state index is 14.7. The Morgan fingerprint density at radius 1 is 1.30 bits per heavy atom. The molecule has 1 unspecified atom stereocenters. The Morgan fingerprint density at radius 3 is 2.74 bits per heavy atom. The minimum atomic E-state index is -0.571. The van der Waals surface area contributed by atoms with E-state index in [1.807, 2.05) is 66.8 Å². The fourth-order valence-electron chi connectivity index (χ4n) is 5.07. The molecule has 3 aromatic rings. The minimum Gasteiger partial charge on any atom is -0.444 e. The Kier molecular flexibility index (Phi) is 12.0. The third-order valence-corrected chi connectivity index (χ3v) is 7.03. The summed E-state index contributed by atoms with van der Waals surface area (Å²) in [6.07, 6.45) is 7.89. The highest BCUT2D eigenvalue weighted by molar-refractivity contribution is 5.89. The number of likely N-dealkylation sites (tertiary alicyclic amines) is 1. The second-order valence-corrected chi connectivity index (χ2v) is 11.1. The van der Waals surface area contributed by atoms with E-state index in [0.29, 0.717) is 24.2 Å². The average Bonchev–Trinajstić information content (AvgIpc) is 3.60. The summed E-state index contributed by atoms with van der Waals surface area (Å²) < 4.78 is 20.3. The van der Waals surface area contributed by atoms with Crippen LogP contribution >= 0.6 is 0 Å². The predicted octanol–water partition coefficient (Wildman–Crippen LogP) is 7.70. The number of aromatic nitrogens is 2. The van der Waals surface area contributed by atoms with Crippen molar-refractivity contribution in [2.24, 2.45) is 0 Å². The molecule has 0 saturated carbocycles. The lowest BCUT2D eigenvalue weighted by Gasteiger charge is -2.26. The molecule has 1 atom stereocenters. The van der Waals surface area contributed by atoms with Gasteiger partial charge in [-0.15, -0.1) is 0 Å². The fraction of sp³-hybridized carbons (Fsp3) is 0.429. The van der Waals surface area contributed by atoms with E-state index in [2.05, 4.69) is 39.0 Å². The van der Waals surface area contributed by atoms with Crippen LogP contribution in [0.1, 0.15) is 76.8 Å². The third kappa shape index (κ3) is 8.26. The number of carbonyl (C=O) groups excluding carboxylic acids is 1. The molecule has 43 heavy (non-hydrogen) atoms. The number of pyridine rings is 1. The molecule has 0 spiro atoms. The van der Waals surface area contributed by atoms with Gasteiger partial charge >= 0.3 is 6.09 Å². The highest BCUT2D eigenvalue weighted by Crippen LogP contribution is 2.38. The van der Waals surface area contributed by atoms with Gasteiger partial charge in [-0.1, -0.05) is 51.3 Å². The first kappa shape index (κ1) is 33.4. The van der Waals surface area contributed by atoms with Crippen molar-refractivity contribution in [3.05, 3.63) is 71.4 Å². The molecule has 8 heteroatoms. The first-order valence-corrected chi connectivity index (χ1v) is 15.2. The normalized spacial score (nSPS) is 14.3. The highest BCUT2D eigenvalue weighted by atomic mass is 19.1. The van der Waals surface area contributed by atoms with Crippen LogP contribution in [0, 0.1) is 17.7 Å². The topological polar surface area (TPSA) is 82.3 Å². The van der Waals surface area contributed by atoms with E-state index >= 15 is 0 Å². The fourth-order valence-corrected chi connectivity index (χ4v) is 5.07. The smallest absolute Gasteiger partial charge is 0.411 e. The van der Waals surface area contributed by atoms with Crippen LogP contribution in [0.5, 0.6) is 0 Å². The molecular weight excluding hydrogens is 541 g/mol. The van der Waals surface area contributed by atoms with Crippen LogP contribution in [0.2, 0.25) is 0 Å². The monoisotopic (exact) mass is 587 g/mol. The number of nitrogens with zero attached hydrogens (tertiary/aromatic N) is 2. The van der Waals surface area contributed by atoms with Crippen molar-refractivity contribution in [2.45, 2.75) is 78.9 Å². The Balaban J connectivity index is 0.00000248. The number of halogens is 1. The standard InChI is InChI=1S/C33H40FN5O2.C2H6/c1-7-24-27(34)12-9-13-28(24)37-30-25(8-2)29(17-18-35-6)38-31(30)26-16-19-36-21-22(26)14-15-23-11-10-20-39(23)32(40)41-33(3,4)5;1-2/h8-9,12-13,16,19,21,23,35,37-38H,2,7,10-11,17-18,20H2,1,3-6H3;1-2H3. The summed E-state index contributed by atoms with van der Waals surface area (Å²) in [5.41, 5.74) is 5.87. The summed E-state index contributed by atoms with van der Waals surface area (Å²) in [6, 6.07) is 6.75. The van der Waals surface area contributed by atoms with Crippen LogP contribution in [-0.4, -0.2) is 52.7 Å². The van der Waals surface area contributed by atoms with E-state index in [0.717, 1.165) is 59.6 Å². The number of likely N-dealkylation sites (N-methyl/N-ethyl adjacent to an activating group) is 1. The quantitative estimate of drug-likeness (QED) is 0.235. The summed E-state index contributed by atoms with van der Waals surface area (Å²) in [6.45, 7) is 17.0. The molecule has 1 amide bonds. The van der Waals surface area contributed by atoms with Gasteiger partial charge in [-0.3, -0.25) is 9.88 Å². The summed E-state index contributed by atoms with van der Waals surface area (Å²) >= 11 is 0. The predicted molar refractivity (Wildman–Crippen MR) is 175 cm³/mol. The van der Waals surface area contributed by atoms with E-state index in [4.69, 9.17) is 4.74 Å². The SMILES string of the molecule is C=Cc1c(CCNC)[nH]c(-c2ccncc2C#CC2CCCN2C(=O)OC(C)(C)C)c1Nc1cccc(F)c1CC.CC. The molecule has 1 saturated heterocycles. The number of hydrogen-bond donors (Lipinski definition) is 3. The zero-order chi connectivity index (χ0) is 31.6. The van der Waals surface area contributed by atoms with Crippen molar-refractivity contribution in [1.82, 2.24) is 20.2 Å². The number of carbonyl (C=O) groups is 1. The van der Waals surface area contributed by atoms with Crippen molar-refractivity contribution < 1.29 is 13.9 Å². The van der Waals surface area contributed by atoms with Gasteiger partial charge < -0.3 is 20.4 Å². The molecule has 0 bridgehead atoms. The first-order chi connectivity index (χ1) is 20.7. The largest absolute Gasteiger partial charge is 0.444 e. The van der Waals surface area contributed by atoms with Gasteiger partial charge in [0, 0.05) is 60.0 Å². The number of rotatable bonds is 8. The first-order valence-electron chi connectivity index (χ1n) is 15.2. The Morgan fingerprint density at radius 2 is 2.07 bits per heavy atom. The van der Waals surface area contributed by atoms with E-state index < -0.39 is 5.60 Å². The van der Waals surface area contributed by atoms with Gasteiger partial charge in [-0.05, 0) is 65.3 Å². The number of ether oxygens (including phenoxy) is 1. The molecule has 1 aliphatic heterocycles. The Hall–Kier alpha value is -4.09. The molecule has 1 fully saturated rings. The zero-order valence-electron chi connectivity index (χ0n) is 26.7. The number of hydrogen-bond acceptors (Lipinski definition) is 5. The highest BCUT2D eigenvalue weighted by Gasteiger charge is 2.31. The second kappa shape index (κ2) is 15.4. The number of anilines is 2. The van der Waals surface area contributed by atoms with Gasteiger partial charge in [-0.25, -0.2) is 9.18 Å². The number of amides is 1. The summed E-state index contributed by atoms with van der Waals surface area (Å²) in [4.78, 5) is 22.4. The van der Waals surface area contributed by atoms with Gasteiger partial charge in [0.15, 0.2) is 0 Å². The van der Waals surface area contributed by atoms with Crippen LogP contribution in [0.4, 0.5) is 20.6 Å². The van der Waals surface area contributed by atoms with E-state index in [-0.39, 0.29) is 18.0 Å². The summed E-state index contributed by atoms with van der Waals surface area (Å²) in [5.74, 6) is 6.37. The van der Waals surface area contributed by atoms with Gasteiger partial charge in [0.25, 0.3) is 0 Å². The Bertz CT molecular complexity index is 1460. The van der Waals surface area contributed by atoms with E-state index in [1.54, 1.807) is 23.4 Å². The second-order valence-electron chi connectivity index (χ2n) is 11.1. The van der Waals surface area contributed by atoms with Crippen molar-refractivity contribution in [3.8, 4) is 23.1 Å². The molecule has 7 nitrogen and oxygen atoms in total. The van der Waals surface area contributed by atoms with Crippen LogP contribution in [0.3, 0.4) is 0 Å². The Labute approximate surface area is 256 Å². The minimum absolute atomic E-state index is 0.242. The molecule has 4 rings (SSSR count). The van der Waals surface area contributed by atoms with Gasteiger partial charge in [-0.2, -0.15) is 0 Å². The lowest BCUT2D eigenvalue weighted by Crippen LogP contribution is -2.39. The molecular formula is C35H46FN5O2. The maximum absolute atomic E-state index is 14.7. The van der Waals surface area contributed by atoms with Gasteiger partial charge in [0.2, 0.25) is 0 Å². The number of aromatic amines is 1. The average molecular weight is 588 g/mol. The molecule has 3 heterocycles. The van der Waals surface area contributed by atoms with Gasteiger partial charge in [0.1, 0.15) is 11.4 Å². The molecule has 1 aromatic carbocycles. The lowest BCUT2D eigenvalue weighted by atomic mass is 10.0. The third-order valence-electron chi connectivity index (χ3n) is 7.03. The molecule has 0 aliphatic carbocycles. The maximum Gasteiger partial charge on any atom is 0.411 e. The molecule has 3 N–H and O–H groups in total. The molecule has 230 valence electrons. The van der Waals surface area contributed by atoms with E-state index in [1.165, 1.54) is 6.07 Å². The van der Waals surface area contributed by atoms with Crippen LogP contribution < -0.4 is 10.6 Å². The van der Waals surface area contributed by atoms with E-state index in [9.17, 15) is 9.18 Å². The number of H-pyrrole nitrogens is 1. The van der Waals surface area contributed by atoms with Gasteiger partial charge in [0.05, 0.1) is 23.0 Å². The lowest BCUT2D eigenvalue weighted by molar-refractivity contribution is 0.0261. The molecule has 1 aliphatic rings. The van der Waals surface area contributed by atoms with Crippen molar-refractivity contribution in [3.63, 3.8) is 0 Å². The molecule has 2 aromatic heterocycles. The van der Waals surface area contributed by atoms with Crippen molar-refractivity contribution in [1.29, 1.82) is 0 Å². The summed E-state index contributed by atoms with van der Waals surface area (Å²) in [5, 5.41) is 6.72.